The van der Waals surface area contributed by atoms with Crippen LogP contribution in [0.25, 0.3) is 44.8 Å². The van der Waals surface area contributed by atoms with Crippen molar-refractivity contribution in [1.29, 1.82) is 0 Å². The number of oxazole rings is 2. The van der Waals surface area contributed by atoms with Gasteiger partial charge in [0.05, 0.1) is 0 Å². The Kier molecular flexibility index (Phi) is 2.87. The second-order valence-electron chi connectivity index (χ2n) is 5.86. The number of anilines is 1. The van der Waals surface area contributed by atoms with Crippen molar-refractivity contribution < 1.29 is 8.83 Å². The van der Waals surface area contributed by atoms with Gasteiger partial charge in [0.25, 0.3) is 0 Å². The van der Waals surface area contributed by atoms with Crippen LogP contribution in [0, 0.1) is 0 Å². The second-order valence-corrected chi connectivity index (χ2v) is 5.86. The predicted octanol–water partition coefficient (Wildman–Crippen LogP) is 4.89. The van der Waals surface area contributed by atoms with Gasteiger partial charge < -0.3 is 14.6 Å². The molecule has 0 aliphatic rings. The minimum absolute atomic E-state index is 0.581. The Labute approximate surface area is 142 Å². The van der Waals surface area contributed by atoms with Crippen molar-refractivity contribution in [1.82, 2.24) is 9.97 Å². The van der Waals surface area contributed by atoms with Crippen LogP contribution in [0.4, 0.5) is 5.69 Å². The molecule has 0 saturated heterocycles. The van der Waals surface area contributed by atoms with Crippen LogP contribution in [0.1, 0.15) is 0 Å². The van der Waals surface area contributed by atoms with Crippen molar-refractivity contribution in [2.45, 2.75) is 0 Å². The molecule has 0 unspecified atom stereocenters. The Bertz CT molecular complexity index is 1200. The summed E-state index contributed by atoms with van der Waals surface area (Å²) in [5, 5.41) is 0. The van der Waals surface area contributed by atoms with Crippen LogP contribution in [-0.4, -0.2) is 9.97 Å². The van der Waals surface area contributed by atoms with Crippen molar-refractivity contribution in [3.8, 4) is 22.6 Å². The highest BCUT2D eigenvalue weighted by Gasteiger charge is 2.10. The maximum Gasteiger partial charge on any atom is 0.227 e. The van der Waals surface area contributed by atoms with E-state index in [1.54, 1.807) is 0 Å². The van der Waals surface area contributed by atoms with Crippen molar-refractivity contribution in [2.24, 2.45) is 0 Å². The van der Waals surface area contributed by atoms with Gasteiger partial charge in [-0.3, -0.25) is 0 Å². The Morgan fingerprint density at radius 2 is 1.40 bits per heavy atom. The maximum atomic E-state index is 5.94. The number of rotatable bonds is 2. The molecule has 5 heteroatoms. The molecule has 0 atom stereocenters. The van der Waals surface area contributed by atoms with Gasteiger partial charge in [-0.1, -0.05) is 12.1 Å². The number of aromatic nitrogens is 2. The van der Waals surface area contributed by atoms with E-state index in [2.05, 4.69) is 9.97 Å². The van der Waals surface area contributed by atoms with Crippen LogP contribution >= 0.6 is 0 Å². The molecule has 2 aromatic heterocycles. The van der Waals surface area contributed by atoms with Crippen molar-refractivity contribution >= 4 is 27.9 Å². The summed E-state index contributed by atoms with van der Waals surface area (Å²) in [5.74, 6) is 0.581. The third-order valence-electron chi connectivity index (χ3n) is 4.21. The third-order valence-corrected chi connectivity index (χ3v) is 4.21. The fourth-order valence-electron chi connectivity index (χ4n) is 2.89. The fourth-order valence-corrected chi connectivity index (χ4v) is 2.89. The van der Waals surface area contributed by atoms with E-state index in [0.29, 0.717) is 11.6 Å². The molecule has 0 saturated carbocycles. The molecular weight excluding hydrogens is 314 g/mol. The van der Waals surface area contributed by atoms with Gasteiger partial charge >= 0.3 is 0 Å². The first-order chi connectivity index (χ1) is 12.3. The lowest BCUT2D eigenvalue weighted by Gasteiger charge is -2.00. The monoisotopic (exact) mass is 327 g/mol. The zero-order valence-electron chi connectivity index (χ0n) is 13.1. The smallest absolute Gasteiger partial charge is 0.227 e. The molecule has 3 aromatic carbocycles. The van der Waals surface area contributed by atoms with Gasteiger partial charge in [0.1, 0.15) is 11.0 Å². The van der Waals surface area contributed by atoms with Crippen molar-refractivity contribution in [3.05, 3.63) is 67.1 Å². The molecule has 5 nitrogen and oxygen atoms in total. The van der Waals surface area contributed by atoms with E-state index >= 15 is 0 Å². The molecule has 2 N–H and O–H groups in total. The van der Waals surface area contributed by atoms with E-state index in [1.807, 2.05) is 60.7 Å². The Balaban J connectivity index is 1.60. The third kappa shape index (κ3) is 2.33. The molecule has 0 spiro atoms. The van der Waals surface area contributed by atoms with Crippen LogP contribution in [0.15, 0.2) is 75.9 Å². The zero-order chi connectivity index (χ0) is 16.8. The second kappa shape index (κ2) is 5.21. The highest BCUT2D eigenvalue weighted by atomic mass is 16.3. The summed E-state index contributed by atoms with van der Waals surface area (Å²) in [7, 11) is 0. The summed E-state index contributed by atoms with van der Waals surface area (Å²) in [5.41, 5.74) is 12.6. The van der Waals surface area contributed by atoms with Crippen LogP contribution in [0.2, 0.25) is 0 Å². The van der Waals surface area contributed by atoms with Gasteiger partial charge in [-0.2, -0.15) is 0 Å². The summed E-state index contributed by atoms with van der Waals surface area (Å²) in [4.78, 5) is 8.70. The summed E-state index contributed by atoms with van der Waals surface area (Å²) < 4.78 is 11.3. The molecular formula is C20H13N3O2. The van der Waals surface area contributed by atoms with Gasteiger partial charge in [0, 0.05) is 11.3 Å². The summed E-state index contributed by atoms with van der Waals surface area (Å²) in [6.07, 6.45) is 1.45. The van der Waals surface area contributed by atoms with E-state index in [9.17, 15) is 0 Å². The predicted molar refractivity (Wildman–Crippen MR) is 96.9 cm³/mol. The molecule has 25 heavy (non-hydrogen) atoms. The normalized spacial score (nSPS) is 11.4. The summed E-state index contributed by atoms with van der Waals surface area (Å²) in [6.45, 7) is 0. The molecule has 0 amide bonds. The maximum absolute atomic E-state index is 5.94. The molecule has 0 radical (unpaired) electrons. The number of nitrogen functional groups attached to an aromatic ring is 1. The number of benzene rings is 3. The molecule has 0 aliphatic carbocycles. The van der Waals surface area contributed by atoms with Gasteiger partial charge in [0.15, 0.2) is 17.6 Å². The van der Waals surface area contributed by atoms with Gasteiger partial charge in [-0.15, -0.1) is 0 Å². The van der Waals surface area contributed by atoms with E-state index in [4.69, 9.17) is 14.6 Å². The number of fused-ring (bicyclic) bond motifs is 2. The molecule has 120 valence electrons. The molecule has 5 aromatic rings. The Hall–Kier alpha value is -3.60. The van der Waals surface area contributed by atoms with Crippen molar-refractivity contribution in [2.75, 3.05) is 5.73 Å². The first-order valence-corrected chi connectivity index (χ1v) is 7.86. The molecule has 5 rings (SSSR count). The molecule has 0 fully saturated rings. The fraction of sp³-hybridized carbons (Fsp3) is 0. The van der Waals surface area contributed by atoms with Gasteiger partial charge in [-0.05, 0) is 59.7 Å². The van der Waals surface area contributed by atoms with Crippen LogP contribution in [-0.2, 0) is 0 Å². The number of hydrogen-bond donors (Lipinski definition) is 1. The lowest BCUT2D eigenvalue weighted by Crippen LogP contribution is -1.83. The highest BCUT2D eigenvalue weighted by molar-refractivity contribution is 5.85. The lowest BCUT2D eigenvalue weighted by molar-refractivity contribution is 0.602. The average molecular weight is 327 g/mol. The van der Waals surface area contributed by atoms with E-state index in [0.717, 1.165) is 38.9 Å². The van der Waals surface area contributed by atoms with E-state index < -0.39 is 0 Å². The van der Waals surface area contributed by atoms with E-state index in [1.165, 1.54) is 6.39 Å². The summed E-state index contributed by atoms with van der Waals surface area (Å²) >= 11 is 0. The first kappa shape index (κ1) is 13.8. The topological polar surface area (TPSA) is 78.1 Å². The number of nitrogens with two attached hydrogens (primary N) is 1. The quantitative estimate of drug-likeness (QED) is 0.467. The van der Waals surface area contributed by atoms with E-state index in [-0.39, 0.29) is 0 Å². The van der Waals surface area contributed by atoms with Crippen molar-refractivity contribution in [3.63, 3.8) is 0 Å². The molecule has 0 aliphatic heterocycles. The standard InChI is InChI=1S/C20H13N3O2/c21-15-5-1-12(2-6-15)20-23-17-8-4-14(10-19(17)25-20)13-3-7-16-18(9-13)24-11-22-16/h1-11H,21H2. The largest absolute Gasteiger partial charge is 0.443 e. The average Bonchev–Trinajstić information content (AvgIpc) is 3.27. The minimum Gasteiger partial charge on any atom is -0.443 e. The molecule has 0 bridgehead atoms. The SMILES string of the molecule is Nc1ccc(-c2nc3ccc(-c4ccc5ncoc5c4)cc3o2)cc1. The van der Waals surface area contributed by atoms with Crippen LogP contribution < -0.4 is 5.73 Å². The lowest BCUT2D eigenvalue weighted by atomic mass is 10.1. The van der Waals surface area contributed by atoms with Crippen LogP contribution in [0.3, 0.4) is 0 Å². The number of hydrogen-bond acceptors (Lipinski definition) is 5. The Morgan fingerprint density at radius 1 is 0.720 bits per heavy atom. The number of nitrogens with zero attached hydrogens (tertiary/aromatic N) is 2. The Morgan fingerprint density at radius 3 is 2.20 bits per heavy atom. The highest BCUT2D eigenvalue weighted by Crippen LogP contribution is 2.30. The minimum atomic E-state index is 0.581. The first-order valence-electron chi connectivity index (χ1n) is 7.86. The van der Waals surface area contributed by atoms with Gasteiger partial charge in [-0.25, -0.2) is 9.97 Å². The molecule has 2 heterocycles. The zero-order valence-corrected chi connectivity index (χ0v) is 13.1. The van der Waals surface area contributed by atoms with Crippen LogP contribution in [0.5, 0.6) is 0 Å². The summed E-state index contributed by atoms with van der Waals surface area (Å²) in [6, 6.07) is 19.4. The van der Waals surface area contributed by atoms with Gasteiger partial charge in [0.2, 0.25) is 5.89 Å².